The molecular formula is C14H24N2O2. The molecule has 4 heteroatoms. The number of nitrogens with zero attached hydrogens (tertiary/aromatic N) is 1. The highest BCUT2D eigenvalue weighted by atomic mass is 16.2. The summed E-state index contributed by atoms with van der Waals surface area (Å²) in [6.45, 7) is 10.1. The Balaban J connectivity index is 2.27. The smallest absolute Gasteiger partial charge is 0.246 e. The highest BCUT2D eigenvalue weighted by Crippen LogP contribution is 2.39. The van der Waals surface area contributed by atoms with Gasteiger partial charge in [-0.15, -0.1) is 0 Å². The van der Waals surface area contributed by atoms with Gasteiger partial charge in [-0.2, -0.15) is 0 Å². The average molecular weight is 252 g/mol. The average Bonchev–Trinajstić information content (AvgIpc) is 2.95. The monoisotopic (exact) mass is 252 g/mol. The third-order valence-corrected chi connectivity index (χ3v) is 4.10. The van der Waals surface area contributed by atoms with Gasteiger partial charge in [-0.05, 0) is 24.2 Å². The van der Waals surface area contributed by atoms with Crippen LogP contribution in [0.25, 0.3) is 0 Å². The number of carbonyl (C=O) groups excluding carboxylic acids is 2. The van der Waals surface area contributed by atoms with Crippen LogP contribution in [0.1, 0.15) is 47.5 Å². The van der Waals surface area contributed by atoms with Crippen molar-refractivity contribution >= 4 is 11.8 Å². The molecule has 0 aromatic heterocycles. The van der Waals surface area contributed by atoms with Crippen molar-refractivity contribution in [2.75, 3.05) is 0 Å². The SMILES string of the molecule is CCC1C(=O)NC(C(C)(C)C)C(=O)N1C1CC1C. The molecule has 0 radical (unpaired) electrons. The van der Waals surface area contributed by atoms with Gasteiger partial charge in [0.2, 0.25) is 11.8 Å². The second-order valence-corrected chi connectivity index (χ2v) is 6.76. The molecular weight excluding hydrogens is 228 g/mol. The van der Waals surface area contributed by atoms with Gasteiger partial charge in [0.05, 0.1) is 0 Å². The first-order valence-electron chi connectivity index (χ1n) is 6.90. The summed E-state index contributed by atoms with van der Waals surface area (Å²) in [7, 11) is 0. The molecule has 2 rings (SSSR count). The highest BCUT2D eigenvalue weighted by Gasteiger charge is 2.51. The first-order valence-corrected chi connectivity index (χ1v) is 6.90. The molecule has 4 atom stereocenters. The fourth-order valence-electron chi connectivity index (χ4n) is 2.78. The summed E-state index contributed by atoms with van der Waals surface area (Å²) in [5.41, 5.74) is -0.234. The molecule has 4 unspecified atom stereocenters. The number of carbonyl (C=O) groups is 2. The van der Waals surface area contributed by atoms with Crippen LogP contribution >= 0.6 is 0 Å². The van der Waals surface area contributed by atoms with E-state index in [0.717, 1.165) is 6.42 Å². The lowest BCUT2D eigenvalue weighted by Crippen LogP contribution is -2.67. The third kappa shape index (κ3) is 2.13. The standard InChI is InChI=1S/C14H24N2O2/c1-6-9-12(17)15-11(14(3,4)5)13(18)16(9)10-7-8(10)2/h8-11H,6-7H2,1-5H3,(H,15,17). The summed E-state index contributed by atoms with van der Waals surface area (Å²) < 4.78 is 0. The van der Waals surface area contributed by atoms with E-state index in [2.05, 4.69) is 12.2 Å². The van der Waals surface area contributed by atoms with Gasteiger partial charge in [0.15, 0.2) is 0 Å². The predicted molar refractivity (Wildman–Crippen MR) is 69.9 cm³/mol. The van der Waals surface area contributed by atoms with E-state index in [-0.39, 0.29) is 35.4 Å². The zero-order valence-corrected chi connectivity index (χ0v) is 12.0. The summed E-state index contributed by atoms with van der Waals surface area (Å²) in [5.74, 6) is 0.647. The molecule has 1 heterocycles. The second-order valence-electron chi connectivity index (χ2n) is 6.76. The Labute approximate surface area is 109 Å². The summed E-state index contributed by atoms with van der Waals surface area (Å²) in [5, 5.41) is 2.90. The van der Waals surface area contributed by atoms with Crippen LogP contribution in [-0.4, -0.2) is 34.8 Å². The Bertz CT molecular complexity index is 372. The molecule has 0 aromatic carbocycles. The summed E-state index contributed by atoms with van der Waals surface area (Å²) in [4.78, 5) is 26.7. The van der Waals surface area contributed by atoms with Crippen molar-refractivity contribution in [3.63, 3.8) is 0 Å². The first-order chi connectivity index (χ1) is 8.27. The van der Waals surface area contributed by atoms with Crippen LogP contribution in [0.15, 0.2) is 0 Å². The number of amides is 2. The van der Waals surface area contributed by atoms with Crippen molar-refractivity contribution in [2.24, 2.45) is 11.3 Å². The van der Waals surface area contributed by atoms with Crippen LogP contribution in [0.4, 0.5) is 0 Å². The van der Waals surface area contributed by atoms with Crippen molar-refractivity contribution in [1.82, 2.24) is 10.2 Å². The van der Waals surface area contributed by atoms with Crippen molar-refractivity contribution < 1.29 is 9.59 Å². The predicted octanol–water partition coefficient (Wildman–Crippen LogP) is 1.55. The van der Waals surface area contributed by atoms with Gasteiger partial charge in [0.25, 0.3) is 0 Å². The maximum atomic E-state index is 12.6. The number of piperazine rings is 1. The van der Waals surface area contributed by atoms with Crippen LogP contribution in [0.3, 0.4) is 0 Å². The molecule has 1 saturated carbocycles. The maximum Gasteiger partial charge on any atom is 0.246 e. The molecule has 1 saturated heterocycles. The van der Waals surface area contributed by atoms with E-state index in [1.807, 2.05) is 32.6 Å². The van der Waals surface area contributed by atoms with E-state index in [9.17, 15) is 9.59 Å². The molecule has 2 aliphatic rings. The van der Waals surface area contributed by atoms with Gasteiger partial charge < -0.3 is 10.2 Å². The molecule has 0 aromatic rings. The van der Waals surface area contributed by atoms with E-state index in [4.69, 9.17) is 0 Å². The Morgan fingerprint density at radius 2 is 1.89 bits per heavy atom. The van der Waals surface area contributed by atoms with Crippen LogP contribution in [-0.2, 0) is 9.59 Å². The van der Waals surface area contributed by atoms with Crippen LogP contribution in [0.5, 0.6) is 0 Å². The first kappa shape index (κ1) is 13.4. The zero-order valence-electron chi connectivity index (χ0n) is 12.0. The third-order valence-electron chi connectivity index (χ3n) is 4.10. The van der Waals surface area contributed by atoms with E-state index in [1.165, 1.54) is 0 Å². The summed E-state index contributed by atoms with van der Waals surface area (Å²) in [6.07, 6.45) is 1.73. The fourth-order valence-corrected chi connectivity index (χ4v) is 2.78. The molecule has 1 aliphatic carbocycles. The normalized spacial score (nSPS) is 36.6. The van der Waals surface area contributed by atoms with E-state index in [1.54, 1.807) is 0 Å². The second kappa shape index (κ2) is 4.25. The molecule has 1 N–H and O–H groups in total. The Hall–Kier alpha value is -1.06. The minimum Gasteiger partial charge on any atom is -0.342 e. The van der Waals surface area contributed by atoms with Gasteiger partial charge in [0, 0.05) is 6.04 Å². The van der Waals surface area contributed by atoms with Crippen LogP contribution in [0.2, 0.25) is 0 Å². The molecule has 0 bridgehead atoms. The van der Waals surface area contributed by atoms with Crippen molar-refractivity contribution in [3.05, 3.63) is 0 Å². The lowest BCUT2D eigenvalue weighted by Gasteiger charge is -2.43. The van der Waals surface area contributed by atoms with Crippen molar-refractivity contribution in [2.45, 2.75) is 65.6 Å². The number of rotatable bonds is 2. The van der Waals surface area contributed by atoms with Crippen LogP contribution < -0.4 is 5.32 Å². The van der Waals surface area contributed by atoms with Gasteiger partial charge in [-0.3, -0.25) is 9.59 Å². The Kier molecular flexibility index (Phi) is 3.16. The lowest BCUT2D eigenvalue weighted by atomic mass is 9.83. The van der Waals surface area contributed by atoms with Gasteiger partial charge in [-0.25, -0.2) is 0 Å². The summed E-state index contributed by atoms with van der Waals surface area (Å²) >= 11 is 0. The van der Waals surface area contributed by atoms with Gasteiger partial charge >= 0.3 is 0 Å². The minimum atomic E-state index is -0.388. The minimum absolute atomic E-state index is 0.0103. The van der Waals surface area contributed by atoms with E-state index < -0.39 is 0 Å². The molecule has 18 heavy (non-hydrogen) atoms. The van der Waals surface area contributed by atoms with Crippen molar-refractivity contribution in [3.8, 4) is 0 Å². The Morgan fingerprint density at radius 1 is 1.33 bits per heavy atom. The molecule has 2 fully saturated rings. The molecule has 1 aliphatic heterocycles. The quantitative estimate of drug-likeness (QED) is 0.810. The highest BCUT2D eigenvalue weighted by molar-refractivity contribution is 5.97. The molecule has 0 spiro atoms. The van der Waals surface area contributed by atoms with E-state index in [0.29, 0.717) is 12.3 Å². The van der Waals surface area contributed by atoms with Crippen molar-refractivity contribution in [1.29, 1.82) is 0 Å². The number of hydrogen-bond donors (Lipinski definition) is 1. The lowest BCUT2D eigenvalue weighted by molar-refractivity contribution is -0.153. The van der Waals surface area contributed by atoms with Crippen LogP contribution in [0, 0.1) is 11.3 Å². The van der Waals surface area contributed by atoms with E-state index >= 15 is 0 Å². The molecule has 2 amide bonds. The van der Waals surface area contributed by atoms with Gasteiger partial charge in [-0.1, -0.05) is 34.6 Å². The maximum absolute atomic E-state index is 12.6. The van der Waals surface area contributed by atoms with Gasteiger partial charge in [0.1, 0.15) is 12.1 Å². The largest absolute Gasteiger partial charge is 0.342 e. The molecule has 102 valence electrons. The Morgan fingerprint density at radius 3 is 2.28 bits per heavy atom. The summed E-state index contributed by atoms with van der Waals surface area (Å²) in [6, 6.07) is -0.384. The topological polar surface area (TPSA) is 49.4 Å². The number of nitrogens with one attached hydrogen (secondary N) is 1. The fraction of sp³-hybridized carbons (Fsp3) is 0.857. The molecule has 4 nitrogen and oxygen atoms in total. The number of hydrogen-bond acceptors (Lipinski definition) is 2. The zero-order chi connectivity index (χ0) is 13.7.